The highest BCUT2D eigenvalue weighted by atomic mass is 32.1. The summed E-state index contributed by atoms with van der Waals surface area (Å²) in [5.74, 6) is 3.39. The molecule has 0 spiro atoms. The standard InChI is InChI=1S/C22H32S.C4H8/c1-3-8-16(4-2)18-11-12-19-14-21(17-9-6-5-7-10-17)22(23)15-20(19)13-18;1-4-2-3-4/h11-12,14-18,23H,3-10,13H2,1-2H3;4H,2-3H2,1H3. The second kappa shape index (κ2) is 10.2. The van der Waals surface area contributed by atoms with E-state index in [2.05, 4.69) is 45.1 Å². The van der Waals surface area contributed by atoms with Gasteiger partial charge in [0, 0.05) is 4.90 Å². The Kier molecular flexibility index (Phi) is 7.94. The average Bonchev–Trinajstić information content (AvgIpc) is 3.48. The predicted octanol–water partition coefficient (Wildman–Crippen LogP) is 8.45. The molecule has 1 heteroatoms. The topological polar surface area (TPSA) is 0 Å². The number of allylic oxidation sites excluding steroid dienone is 1. The zero-order valence-corrected chi connectivity index (χ0v) is 18.7. The highest BCUT2D eigenvalue weighted by molar-refractivity contribution is 7.80. The molecule has 0 amide bonds. The Morgan fingerprint density at radius 2 is 1.74 bits per heavy atom. The van der Waals surface area contributed by atoms with Crippen LogP contribution in [0.4, 0.5) is 0 Å². The van der Waals surface area contributed by atoms with Crippen molar-refractivity contribution in [3.05, 3.63) is 34.9 Å². The van der Waals surface area contributed by atoms with Crippen molar-refractivity contribution in [1.29, 1.82) is 0 Å². The molecule has 0 aliphatic heterocycles. The maximum atomic E-state index is 4.86. The van der Waals surface area contributed by atoms with Crippen molar-refractivity contribution < 1.29 is 0 Å². The van der Waals surface area contributed by atoms with Crippen molar-refractivity contribution in [3.8, 4) is 0 Å². The van der Waals surface area contributed by atoms with Gasteiger partial charge in [-0.1, -0.05) is 90.4 Å². The number of hydrogen-bond acceptors (Lipinski definition) is 1. The second-order valence-corrected chi connectivity index (χ2v) is 9.79. The number of thiol groups is 1. The van der Waals surface area contributed by atoms with Crippen LogP contribution in [0.3, 0.4) is 0 Å². The SMILES string of the molecule is CC1CC1.CCCC(CC)C1C=Cc2cc(C3CCCCC3)c(S)cc2C1. The van der Waals surface area contributed by atoms with E-state index >= 15 is 0 Å². The molecule has 3 aliphatic rings. The molecule has 150 valence electrons. The van der Waals surface area contributed by atoms with Crippen LogP contribution in [-0.2, 0) is 6.42 Å². The summed E-state index contributed by atoms with van der Waals surface area (Å²) < 4.78 is 0. The van der Waals surface area contributed by atoms with Crippen LogP contribution in [-0.4, -0.2) is 0 Å². The Bertz CT molecular complexity index is 619. The predicted molar refractivity (Wildman–Crippen MR) is 123 cm³/mol. The van der Waals surface area contributed by atoms with Gasteiger partial charge >= 0.3 is 0 Å². The number of rotatable bonds is 5. The molecule has 0 saturated heterocycles. The molecule has 0 bridgehead atoms. The fraction of sp³-hybridized carbons (Fsp3) is 0.692. The van der Waals surface area contributed by atoms with Gasteiger partial charge in [-0.2, -0.15) is 0 Å². The Hall–Kier alpha value is -0.690. The second-order valence-electron chi connectivity index (χ2n) is 9.31. The number of hydrogen-bond donors (Lipinski definition) is 1. The van der Waals surface area contributed by atoms with Crippen LogP contribution in [0.1, 0.15) is 108 Å². The van der Waals surface area contributed by atoms with Crippen LogP contribution >= 0.6 is 12.6 Å². The summed E-state index contributed by atoms with van der Waals surface area (Å²) in [4.78, 5) is 1.24. The molecule has 2 fully saturated rings. The first kappa shape index (κ1) is 21.0. The maximum absolute atomic E-state index is 4.86. The molecule has 2 unspecified atom stereocenters. The zero-order chi connectivity index (χ0) is 19.2. The minimum atomic E-state index is 0.723. The first-order valence-electron chi connectivity index (χ1n) is 11.7. The first-order valence-corrected chi connectivity index (χ1v) is 12.1. The Morgan fingerprint density at radius 3 is 2.33 bits per heavy atom. The lowest BCUT2D eigenvalue weighted by Gasteiger charge is -2.29. The van der Waals surface area contributed by atoms with Gasteiger partial charge in [-0.25, -0.2) is 0 Å². The van der Waals surface area contributed by atoms with Crippen molar-refractivity contribution >= 4 is 18.7 Å². The Labute approximate surface area is 173 Å². The fourth-order valence-corrected chi connectivity index (χ4v) is 5.27. The summed E-state index contributed by atoms with van der Waals surface area (Å²) in [7, 11) is 0. The minimum Gasteiger partial charge on any atom is -0.143 e. The fourth-order valence-electron chi connectivity index (χ4n) is 4.87. The van der Waals surface area contributed by atoms with Gasteiger partial charge in [0.05, 0.1) is 0 Å². The molecule has 3 aliphatic carbocycles. The quantitative estimate of drug-likeness (QED) is 0.484. The number of fused-ring (bicyclic) bond motifs is 1. The van der Waals surface area contributed by atoms with Crippen LogP contribution in [0, 0.1) is 17.8 Å². The lowest BCUT2D eigenvalue weighted by molar-refractivity contribution is 0.351. The Balaban J connectivity index is 0.000000466. The van der Waals surface area contributed by atoms with Crippen molar-refractivity contribution in [3.63, 3.8) is 0 Å². The normalized spacial score (nSPS) is 23.3. The van der Waals surface area contributed by atoms with Gasteiger partial charge in [0.2, 0.25) is 0 Å². The van der Waals surface area contributed by atoms with Crippen molar-refractivity contribution in [1.82, 2.24) is 0 Å². The van der Waals surface area contributed by atoms with Crippen LogP contribution < -0.4 is 0 Å². The molecule has 1 aromatic rings. The van der Waals surface area contributed by atoms with Gasteiger partial charge in [0.15, 0.2) is 0 Å². The molecule has 4 rings (SSSR count). The zero-order valence-electron chi connectivity index (χ0n) is 17.8. The van der Waals surface area contributed by atoms with Gasteiger partial charge in [0.1, 0.15) is 0 Å². The van der Waals surface area contributed by atoms with Gasteiger partial charge in [-0.15, -0.1) is 12.6 Å². The smallest absolute Gasteiger partial charge is 0.00780 e. The molecule has 0 aromatic heterocycles. The molecule has 2 saturated carbocycles. The molecule has 1 aromatic carbocycles. The van der Waals surface area contributed by atoms with E-state index in [0.717, 1.165) is 23.7 Å². The molecule has 0 heterocycles. The van der Waals surface area contributed by atoms with E-state index in [1.54, 1.807) is 0 Å². The third kappa shape index (κ3) is 5.89. The van der Waals surface area contributed by atoms with Gasteiger partial charge in [-0.3, -0.25) is 0 Å². The average molecular weight is 385 g/mol. The van der Waals surface area contributed by atoms with Gasteiger partial charge in [-0.05, 0) is 65.7 Å². The van der Waals surface area contributed by atoms with E-state index < -0.39 is 0 Å². The van der Waals surface area contributed by atoms with Gasteiger partial charge in [0.25, 0.3) is 0 Å². The van der Waals surface area contributed by atoms with Crippen molar-refractivity contribution in [2.24, 2.45) is 17.8 Å². The highest BCUT2D eigenvalue weighted by Crippen LogP contribution is 2.39. The summed E-state index contributed by atoms with van der Waals surface area (Å²) in [5, 5.41) is 0. The molecular formula is C26H40S. The summed E-state index contributed by atoms with van der Waals surface area (Å²) >= 11 is 4.86. The maximum Gasteiger partial charge on any atom is 0.00780 e. The Morgan fingerprint density at radius 1 is 1.04 bits per heavy atom. The van der Waals surface area contributed by atoms with E-state index in [1.807, 2.05) is 0 Å². The molecular weight excluding hydrogens is 344 g/mol. The third-order valence-corrected chi connectivity index (χ3v) is 7.35. The summed E-state index contributed by atoms with van der Waals surface area (Å²) in [6.45, 7) is 6.94. The summed E-state index contributed by atoms with van der Waals surface area (Å²) in [6, 6.07) is 4.85. The lowest BCUT2D eigenvalue weighted by Crippen LogP contribution is -2.18. The molecule has 0 N–H and O–H groups in total. The molecule has 0 radical (unpaired) electrons. The van der Waals surface area contributed by atoms with E-state index in [0.29, 0.717) is 0 Å². The molecule has 2 atom stereocenters. The number of benzene rings is 1. The first-order chi connectivity index (χ1) is 13.1. The minimum absolute atomic E-state index is 0.723. The van der Waals surface area contributed by atoms with Crippen LogP contribution in [0.25, 0.3) is 6.08 Å². The van der Waals surface area contributed by atoms with E-state index in [4.69, 9.17) is 12.6 Å². The van der Waals surface area contributed by atoms with E-state index in [-0.39, 0.29) is 0 Å². The summed E-state index contributed by atoms with van der Waals surface area (Å²) in [5.41, 5.74) is 4.50. The van der Waals surface area contributed by atoms with Crippen LogP contribution in [0.15, 0.2) is 23.1 Å². The van der Waals surface area contributed by atoms with Crippen LogP contribution in [0.2, 0.25) is 0 Å². The summed E-state index contributed by atoms with van der Waals surface area (Å²) in [6.07, 6.45) is 19.9. The van der Waals surface area contributed by atoms with Gasteiger partial charge < -0.3 is 0 Å². The largest absolute Gasteiger partial charge is 0.143 e. The van der Waals surface area contributed by atoms with Crippen molar-refractivity contribution in [2.75, 3.05) is 0 Å². The van der Waals surface area contributed by atoms with E-state index in [1.165, 1.54) is 92.2 Å². The van der Waals surface area contributed by atoms with E-state index in [9.17, 15) is 0 Å². The third-order valence-electron chi connectivity index (χ3n) is 6.97. The van der Waals surface area contributed by atoms with Crippen molar-refractivity contribution in [2.45, 2.75) is 102 Å². The highest BCUT2D eigenvalue weighted by Gasteiger charge is 2.24. The molecule has 0 nitrogen and oxygen atoms in total. The monoisotopic (exact) mass is 384 g/mol. The van der Waals surface area contributed by atoms with Crippen LogP contribution in [0.5, 0.6) is 0 Å². The molecule has 27 heavy (non-hydrogen) atoms. The lowest BCUT2D eigenvalue weighted by atomic mass is 9.77.